The summed E-state index contributed by atoms with van der Waals surface area (Å²) in [5, 5.41) is 0. The molecule has 1 aliphatic heterocycles. The van der Waals surface area contributed by atoms with Crippen LogP contribution in [0.3, 0.4) is 0 Å². The van der Waals surface area contributed by atoms with Gasteiger partial charge >= 0.3 is 0 Å². The zero-order valence-electron chi connectivity index (χ0n) is 12.5. The van der Waals surface area contributed by atoms with Crippen LogP contribution in [0.2, 0.25) is 0 Å². The van der Waals surface area contributed by atoms with Crippen molar-refractivity contribution in [2.24, 2.45) is 11.8 Å². The van der Waals surface area contributed by atoms with E-state index < -0.39 is 0 Å². The van der Waals surface area contributed by atoms with Crippen molar-refractivity contribution >= 4 is 5.91 Å². The van der Waals surface area contributed by atoms with E-state index in [2.05, 4.69) is 13.8 Å². The minimum absolute atomic E-state index is 0.0503. The SMILES string of the molecule is COc1ccccc1OCC(=O)N1CC(C)CC(C)C1. The average molecular weight is 277 g/mol. The maximum absolute atomic E-state index is 12.2. The number of likely N-dealkylation sites (tertiary alicyclic amines) is 1. The highest BCUT2D eigenvalue weighted by molar-refractivity contribution is 5.78. The maximum Gasteiger partial charge on any atom is 0.260 e. The zero-order valence-corrected chi connectivity index (χ0v) is 12.5. The molecule has 0 N–H and O–H groups in total. The number of nitrogens with zero attached hydrogens (tertiary/aromatic N) is 1. The first kappa shape index (κ1) is 14.7. The highest BCUT2D eigenvalue weighted by Gasteiger charge is 2.25. The van der Waals surface area contributed by atoms with E-state index in [1.165, 1.54) is 6.42 Å². The zero-order chi connectivity index (χ0) is 14.5. The molecule has 4 heteroatoms. The third kappa shape index (κ3) is 3.65. The molecule has 0 bridgehead atoms. The van der Waals surface area contributed by atoms with Gasteiger partial charge in [0.15, 0.2) is 18.1 Å². The summed E-state index contributed by atoms with van der Waals surface area (Å²) >= 11 is 0. The van der Waals surface area contributed by atoms with E-state index in [0.29, 0.717) is 23.3 Å². The van der Waals surface area contributed by atoms with Crippen LogP contribution in [0, 0.1) is 11.8 Å². The Morgan fingerprint density at radius 2 is 1.80 bits per heavy atom. The van der Waals surface area contributed by atoms with Crippen LogP contribution in [-0.4, -0.2) is 37.6 Å². The quantitative estimate of drug-likeness (QED) is 0.849. The largest absolute Gasteiger partial charge is 0.493 e. The fourth-order valence-electron chi connectivity index (χ4n) is 2.84. The Hall–Kier alpha value is -1.71. The van der Waals surface area contributed by atoms with Crippen LogP contribution in [-0.2, 0) is 4.79 Å². The number of benzene rings is 1. The van der Waals surface area contributed by atoms with Crippen LogP contribution in [0.15, 0.2) is 24.3 Å². The Bertz CT molecular complexity index is 451. The lowest BCUT2D eigenvalue weighted by atomic mass is 9.92. The van der Waals surface area contributed by atoms with Crippen LogP contribution in [0.1, 0.15) is 20.3 Å². The van der Waals surface area contributed by atoms with Gasteiger partial charge in [0, 0.05) is 13.1 Å². The molecule has 2 unspecified atom stereocenters. The number of methoxy groups -OCH3 is 1. The molecule has 0 saturated carbocycles. The van der Waals surface area contributed by atoms with Crippen molar-refractivity contribution in [2.45, 2.75) is 20.3 Å². The molecule has 20 heavy (non-hydrogen) atoms. The van der Waals surface area contributed by atoms with Crippen molar-refractivity contribution < 1.29 is 14.3 Å². The second-order valence-corrected chi connectivity index (χ2v) is 5.68. The molecule has 110 valence electrons. The molecule has 0 radical (unpaired) electrons. The lowest BCUT2D eigenvalue weighted by Gasteiger charge is -2.34. The molecule has 4 nitrogen and oxygen atoms in total. The minimum atomic E-state index is 0.0503. The number of rotatable bonds is 4. The summed E-state index contributed by atoms with van der Waals surface area (Å²) in [5.74, 6) is 2.44. The molecule has 2 rings (SSSR count). The van der Waals surface area contributed by atoms with Gasteiger partial charge in [0.25, 0.3) is 5.91 Å². The molecule has 1 amide bonds. The van der Waals surface area contributed by atoms with Crippen molar-refractivity contribution in [1.82, 2.24) is 4.90 Å². The van der Waals surface area contributed by atoms with Crippen molar-refractivity contribution in [3.05, 3.63) is 24.3 Å². The van der Waals surface area contributed by atoms with E-state index in [0.717, 1.165) is 13.1 Å². The number of carbonyl (C=O) groups is 1. The van der Waals surface area contributed by atoms with E-state index in [1.54, 1.807) is 7.11 Å². The first-order valence-corrected chi connectivity index (χ1v) is 7.13. The topological polar surface area (TPSA) is 38.8 Å². The number of ether oxygens (including phenoxy) is 2. The molecule has 2 atom stereocenters. The normalized spacial score (nSPS) is 22.4. The smallest absolute Gasteiger partial charge is 0.260 e. The van der Waals surface area contributed by atoms with Gasteiger partial charge in [0.05, 0.1) is 7.11 Å². The molecular formula is C16H23NO3. The first-order valence-electron chi connectivity index (χ1n) is 7.13. The number of hydrogen-bond donors (Lipinski definition) is 0. The molecule has 1 aliphatic rings. The van der Waals surface area contributed by atoms with Gasteiger partial charge in [-0.2, -0.15) is 0 Å². The highest BCUT2D eigenvalue weighted by atomic mass is 16.5. The summed E-state index contributed by atoms with van der Waals surface area (Å²) in [6, 6.07) is 7.38. The summed E-state index contributed by atoms with van der Waals surface area (Å²) in [5.41, 5.74) is 0. The van der Waals surface area contributed by atoms with Gasteiger partial charge < -0.3 is 14.4 Å². The van der Waals surface area contributed by atoms with Gasteiger partial charge in [-0.3, -0.25) is 4.79 Å². The molecule has 1 aromatic rings. The van der Waals surface area contributed by atoms with Gasteiger partial charge in [0.2, 0.25) is 0 Å². The molecule has 0 aromatic heterocycles. The average Bonchev–Trinajstić information content (AvgIpc) is 2.44. The van der Waals surface area contributed by atoms with Gasteiger partial charge in [-0.05, 0) is 30.4 Å². The third-order valence-electron chi connectivity index (χ3n) is 3.64. The van der Waals surface area contributed by atoms with E-state index in [9.17, 15) is 4.79 Å². The van der Waals surface area contributed by atoms with Gasteiger partial charge in [-0.25, -0.2) is 0 Å². The third-order valence-corrected chi connectivity index (χ3v) is 3.64. The number of para-hydroxylation sites is 2. The van der Waals surface area contributed by atoms with E-state index in [1.807, 2.05) is 29.2 Å². The monoisotopic (exact) mass is 277 g/mol. The Labute approximate surface area is 120 Å². The molecule has 1 fully saturated rings. The molecule has 0 spiro atoms. The maximum atomic E-state index is 12.2. The predicted molar refractivity (Wildman–Crippen MR) is 78.0 cm³/mol. The summed E-state index contributed by atoms with van der Waals surface area (Å²) in [6.45, 7) is 6.12. The van der Waals surface area contributed by atoms with Crippen molar-refractivity contribution in [3.63, 3.8) is 0 Å². The number of hydrogen-bond acceptors (Lipinski definition) is 3. The fourth-order valence-corrected chi connectivity index (χ4v) is 2.84. The lowest BCUT2D eigenvalue weighted by Crippen LogP contribution is -2.44. The number of amides is 1. The van der Waals surface area contributed by atoms with Gasteiger partial charge in [-0.15, -0.1) is 0 Å². The van der Waals surface area contributed by atoms with E-state index in [-0.39, 0.29) is 12.5 Å². The summed E-state index contributed by atoms with van der Waals surface area (Å²) in [6.07, 6.45) is 1.19. The summed E-state index contributed by atoms with van der Waals surface area (Å²) in [4.78, 5) is 14.1. The van der Waals surface area contributed by atoms with Gasteiger partial charge in [-0.1, -0.05) is 26.0 Å². The lowest BCUT2D eigenvalue weighted by molar-refractivity contribution is -0.136. The van der Waals surface area contributed by atoms with Crippen LogP contribution in [0.25, 0.3) is 0 Å². The predicted octanol–water partition coefficient (Wildman–Crippen LogP) is 2.58. The van der Waals surface area contributed by atoms with Crippen molar-refractivity contribution in [2.75, 3.05) is 26.8 Å². The van der Waals surface area contributed by atoms with Gasteiger partial charge in [0.1, 0.15) is 0 Å². The minimum Gasteiger partial charge on any atom is -0.493 e. The summed E-state index contributed by atoms with van der Waals surface area (Å²) in [7, 11) is 1.60. The van der Waals surface area contributed by atoms with Crippen LogP contribution in [0.4, 0.5) is 0 Å². The first-order chi connectivity index (χ1) is 9.60. The Kier molecular flexibility index (Phi) is 4.88. The van der Waals surface area contributed by atoms with E-state index in [4.69, 9.17) is 9.47 Å². The van der Waals surface area contributed by atoms with E-state index >= 15 is 0 Å². The van der Waals surface area contributed by atoms with Crippen LogP contribution >= 0.6 is 0 Å². The van der Waals surface area contributed by atoms with Crippen LogP contribution in [0.5, 0.6) is 11.5 Å². The van der Waals surface area contributed by atoms with Crippen molar-refractivity contribution in [1.29, 1.82) is 0 Å². The summed E-state index contributed by atoms with van der Waals surface area (Å²) < 4.78 is 10.8. The fraction of sp³-hybridized carbons (Fsp3) is 0.562. The standard InChI is InChI=1S/C16H23NO3/c1-12-8-13(2)10-17(9-12)16(18)11-20-15-7-5-4-6-14(15)19-3/h4-7,12-13H,8-11H2,1-3H3. The second kappa shape index (κ2) is 6.64. The highest BCUT2D eigenvalue weighted by Crippen LogP contribution is 2.26. The van der Waals surface area contributed by atoms with Crippen LogP contribution < -0.4 is 9.47 Å². The Morgan fingerprint density at radius 1 is 1.20 bits per heavy atom. The number of carbonyl (C=O) groups excluding carboxylic acids is 1. The molecule has 1 heterocycles. The number of piperidine rings is 1. The molecule has 0 aliphatic carbocycles. The Morgan fingerprint density at radius 3 is 2.40 bits per heavy atom. The molecule has 1 aromatic carbocycles. The Balaban J connectivity index is 1.91. The molecular weight excluding hydrogens is 254 g/mol. The van der Waals surface area contributed by atoms with Crippen molar-refractivity contribution in [3.8, 4) is 11.5 Å². The second-order valence-electron chi connectivity index (χ2n) is 5.68. The molecule has 1 saturated heterocycles.